The average molecular weight is 315 g/mol. The number of carboxylic acids is 1. The van der Waals surface area contributed by atoms with Crippen LogP contribution in [0.4, 0.5) is 0 Å². The molecule has 2 aromatic heterocycles. The van der Waals surface area contributed by atoms with Gasteiger partial charge in [0, 0.05) is 18.0 Å². The molecule has 2 heterocycles. The van der Waals surface area contributed by atoms with E-state index in [0.717, 1.165) is 26.5 Å². The highest BCUT2D eigenvalue weighted by atomic mass is 32.1. The van der Waals surface area contributed by atoms with Gasteiger partial charge in [-0.15, -0.1) is 11.3 Å². The number of aromatic carboxylic acids is 1. The number of fused-ring (bicyclic) bond motifs is 1. The van der Waals surface area contributed by atoms with E-state index in [1.165, 1.54) is 0 Å². The van der Waals surface area contributed by atoms with Gasteiger partial charge >= 0.3 is 5.97 Å². The number of rotatable bonds is 2. The number of benzene rings is 1. The van der Waals surface area contributed by atoms with Crippen LogP contribution in [0.15, 0.2) is 24.3 Å². The summed E-state index contributed by atoms with van der Waals surface area (Å²) in [4.78, 5) is 15.8. The van der Waals surface area contributed by atoms with Gasteiger partial charge in [-0.1, -0.05) is 26.8 Å². The van der Waals surface area contributed by atoms with E-state index in [0.29, 0.717) is 0 Å². The van der Waals surface area contributed by atoms with Crippen LogP contribution in [-0.2, 0) is 12.5 Å². The molecule has 0 atom stereocenters. The van der Waals surface area contributed by atoms with E-state index in [1.807, 2.05) is 18.2 Å². The molecule has 114 valence electrons. The molecule has 5 nitrogen and oxygen atoms in total. The van der Waals surface area contributed by atoms with E-state index in [-0.39, 0.29) is 11.1 Å². The normalized spacial score (nSPS) is 12.0. The van der Waals surface area contributed by atoms with Crippen LogP contribution < -0.4 is 0 Å². The molecule has 0 aliphatic rings. The van der Waals surface area contributed by atoms with Gasteiger partial charge in [0.2, 0.25) is 0 Å². The van der Waals surface area contributed by atoms with Crippen LogP contribution in [0.2, 0.25) is 0 Å². The van der Waals surface area contributed by atoms with Crippen molar-refractivity contribution in [3.05, 3.63) is 35.0 Å². The lowest BCUT2D eigenvalue weighted by Gasteiger charge is -2.13. The van der Waals surface area contributed by atoms with Gasteiger partial charge in [0.05, 0.1) is 20.9 Å². The summed E-state index contributed by atoms with van der Waals surface area (Å²) in [6.07, 6.45) is 0. The molecular formula is C16H17N3O2S. The zero-order valence-electron chi connectivity index (χ0n) is 12.9. The van der Waals surface area contributed by atoms with E-state index in [4.69, 9.17) is 10.1 Å². The van der Waals surface area contributed by atoms with E-state index in [1.54, 1.807) is 29.1 Å². The summed E-state index contributed by atoms with van der Waals surface area (Å²) in [5.41, 5.74) is 2.69. The Morgan fingerprint density at radius 2 is 2.00 bits per heavy atom. The largest absolute Gasteiger partial charge is 0.476 e. The summed E-state index contributed by atoms with van der Waals surface area (Å²) in [5, 5.41) is 14.2. The Morgan fingerprint density at radius 3 is 2.59 bits per heavy atom. The van der Waals surface area contributed by atoms with Gasteiger partial charge in [0.25, 0.3) is 0 Å². The molecule has 0 radical (unpaired) electrons. The Bertz CT molecular complexity index is 871. The van der Waals surface area contributed by atoms with Crippen molar-refractivity contribution in [2.45, 2.75) is 26.2 Å². The van der Waals surface area contributed by atoms with Crippen LogP contribution in [0.1, 0.15) is 36.3 Å². The van der Waals surface area contributed by atoms with Crippen molar-refractivity contribution in [2.24, 2.45) is 7.05 Å². The maximum atomic E-state index is 11.0. The maximum Gasteiger partial charge on any atom is 0.356 e. The monoisotopic (exact) mass is 315 g/mol. The van der Waals surface area contributed by atoms with E-state index >= 15 is 0 Å². The Balaban J connectivity index is 2.10. The Hall–Kier alpha value is -2.21. The highest BCUT2D eigenvalue weighted by Crippen LogP contribution is 2.33. The zero-order chi connectivity index (χ0) is 16.1. The first-order chi connectivity index (χ1) is 10.3. The number of aryl methyl sites for hydroxylation is 1. The molecule has 0 aliphatic heterocycles. The van der Waals surface area contributed by atoms with Gasteiger partial charge in [0.1, 0.15) is 0 Å². The van der Waals surface area contributed by atoms with Crippen LogP contribution in [0, 0.1) is 0 Å². The summed E-state index contributed by atoms with van der Waals surface area (Å²) in [5.74, 6) is -1.02. The minimum Gasteiger partial charge on any atom is -0.476 e. The molecule has 0 fully saturated rings. The maximum absolute atomic E-state index is 11.0. The van der Waals surface area contributed by atoms with Crippen LogP contribution in [0.5, 0.6) is 0 Å². The third-order valence-corrected chi connectivity index (χ3v) is 4.89. The predicted octanol–water partition coefficient (Wildman–Crippen LogP) is 3.69. The second-order valence-electron chi connectivity index (χ2n) is 6.30. The Kier molecular flexibility index (Phi) is 3.29. The first kappa shape index (κ1) is 14.7. The fourth-order valence-electron chi connectivity index (χ4n) is 2.25. The van der Waals surface area contributed by atoms with Gasteiger partial charge in [-0.05, 0) is 18.2 Å². The van der Waals surface area contributed by atoms with Crippen LogP contribution in [0.25, 0.3) is 21.5 Å². The Morgan fingerprint density at radius 1 is 1.27 bits per heavy atom. The van der Waals surface area contributed by atoms with Crippen molar-refractivity contribution in [3.8, 4) is 11.3 Å². The molecule has 0 saturated heterocycles. The summed E-state index contributed by atoms with van der Waals surface area (Å²) in [6, 6.07) is 7.59. The summed E-state index contributed by atoms with van der Waals surface area (Å²) in [6.45, 7) is 6.43. The van der Waals surface area contributed by atoms with E-state index in [2.05, 4.69) is 25.9 Å². The minimum absolute atomic E-state index is 0.0207. The summed E-state index contributed by atoms with van der Waals surface area (Å²) in [7, 11) is 1.74. The van der Waals surface area contributed by atoms with Gasteiger partial charge in [0.15, 0.2) is 5.69 Å². The number of thiazole rings is 1. The van der Waals surface area contributed by atoms with Crippen molar-refractivity contribution in [1.82, 2.24) is 14.8 Å². The quantitative estimate of drug-likeness (QED) is 0.783. The SMILES string of the molecule is Cn1nc(C(=O)O)cc1-c1ccc2sc(C(C)(C)C)nc2c1. The van der Waals surface area contributed by atoms with Crippen LogP contribution in [-0.4, -0.2) is 25.8 Å². The van der Waals surface area contributed by atoms with Crippen molar-refractivity contribution in [3.63, 3.8) is 0 Å². The molecule has 0 bridgehead atoms. The summed E-state index contributed by atoms with van der Waals surface area (Å²) >= 11 is 1.69. The van der Waals surface area contributed by atoms with Crippen LogP contribution >= 0.6 is 11.3 Å². The van der Waals surface area contributed by atoms with Crippen LogP contribution in [0.3, 0.4) is 0 Å². The Labute approximate surface area is 132 Å². The standard InChI is InChI=1S/C16H17N3O2S/c1-16(2,3)15-17-10-7-9(5-6-13(10)22-15)12-8-11(14(20)21)18-19(12)4/h5-8H,1-4H3,(H,20,21). The molecule has 0 amide bonds. The molecule has 6 heteroatoms. The molecule has 3 rings (SSSR count). The molecule has 0 saturated carbocycles. The molecule has 3 aromatic rings. The van der Waals surface area contributed by atoms with Gasteiger partial charge in [-0.25, -0.2) is 9.78 Å². The van der Waals surface area contributed by atoms with Crippen molar-refractivity contribution >= 4 is 27.5 Å². The molecule has 0 spiro atoms. The molecule has 1 N–H and O–H groups in total. The van der Waals surface area contributed by atoms with Crippen molar-refractivity contribution in [1.29, 1.82) is 0 Å². The lowest BCUT2D eigenvalue weighted by molar-refractivity contribution is 0.0689. The van der Waals surface area contributed by atoms with Crippen molar-refractivity contribution in [2.75, 3.05) is 0 Å². The van der Waals surface area contributed by atoms with Gasteiger partial charge in [-0.3, -0.25) is 4.68 Å². The average Bonchev–Trinajstić information content (AvgIpc) is 3.00. The molecule has 22 heavy (non-hydrogen) atoms. The second-order valence-corrected chi connectivity index (χ2v) is 7.33. The smallest absolute Gasteiger partial charge is 0.356 e. The van der Waals surface area contributed by atoms with Gasteiger partial charge < -0.3 is 5.11 Å². The molecule has 0 unspecified atom stereocenters. The lowest BCUT2D eigenvalue weighted by atomic mass is 9.98. The highest BCUT2D eigenvalue weighted by molar-refractivity contribution is 7.18. The van der Waals surface area contributed by atoms with E-state index in [9.17, 15) is 4.79 Å². The fraction of sp³-hybridized carbons (Fsp3) is 0.312. The third-order valence-electron chi connectivity index (χ3n) is 3.42. The first-order valence-electron chi connectivity index (χ1n) is 6.94. The minimum atomic E-state index is -1.02. The second kappa shape index (κ2) is 4.91. The predicted molar refractivity (Wildman–Crippen MR) is 87.5 cm³/mol. The number of aromatic nitrogens is 3. The zero-order valence-corrected chi connectivity index (χ0v) is 13.7. The first-order valence-corrected chi connectivity index (χ1v) is 7.76. The van der Waals surface area contributed by atoms with Crippen molar-refractivity contribution < 1.29 is 9.90 Å². The van der Waals surface area contributed by atoms with Gasteiger partial charge in [-0.2, -0.15) is 5.10 Å². The molecule has 1 aromatic carbocycles. The highest BCUT2D eigenvalue weighted by Gasteiger charge is 2.19. The summed E-state index contributed by atoms with van der Waals surface area (Å²) < 4.78 is 2.72. The number of carboxylic acid groups (broad SMARTS) is 1. The number of carbonyl (C=O) groups is 1. The third kappa shape index (κ3) is 2.50. The number of hydrogen-bond donors (Lipinski definition) is 1. The molecular weight excluding hydrogens is 298 g/mol. The molecule has 0 aliphatic carbocycles. The topological polar surface area (TPSA) is 68.0 Å². The lowest BCUT2D eigenvalue weighted by Crippen LogP contribution is -2.09. The number of nitrogens with zero attached hydrogens (tertiary/aromatic N) is 3. The van der Waals surface area contributed by atoms with E-state index < -0.39 is 5.97 Å². The number of hydrogen-bond acceptors (Lipinski definition) is 4. The fourth-order valence-corrected chi connectivity index (χ4v) is 3.25.